The van der Waals surface area contributed by atoms with Crippen LogP contribution >= 0.6 is 0 Å². The first-order chi connectivity index (χ1) is 19.1. The second-order valence-electron chi connectivity index (χ2n) is 9.34. The Morgan fingerprint density at radius 1 is 0.718 bits per heavy atom. The minimum atomic E-state index is -0.586. The highest BCUT2D eigenvalue weighted by Crippen LogP contribution is 2.30. The summed E-state index contributed by atoms with van der Waals surface area (Å²) < 4.78 is 23.1. The molecule has 0 aliphatic carbocycles. The third-order valence-corrected chi connectivity index (χ3v) is 6.70. The summed E-state index contributed by atoms with van der Waals surface area (Å²) in [6, 6.07) is 29.2. The number of urea groups is 1. The molecule has 0 radical (unpaired) electrons. The van der Waals surface area contributed by atoms with Crippen LogP contribution in [0.1, 0.15) is 0 Å². The molecule has 0 saturated carbocycles. The van der Waals surface area contributed by atoms with Crippen molar-refractivity contribution >= 4 is 34.3 Å². The fourth-order valence-corrected chi connectivity index (χ4v) is 4.87. The molecule has 4 aromatic rings. The molecule has 2 saturated heterocycles. The number of rotatable bonds is 6. The number of hydrogen-bond donors (Lipinski definition) is 3. The Balaban J connectivity index is 0.997. The molecule has 39 heavy (non-hydrogen) atoms. The minimum absolute atomic E-state index is 0.182. The van der Waals surface area contributed by atoms with Gasteiger partial charge in [0, 0.05) is 11.1 Å². The number of carbonyl (C=O) groups is 2. The molecule has 198 valence electrons. The number of ether oxygens (including phenoxy) is 4. The van der Waals surface area contributed by atoms with Gasteiger partial charge in [-0.25, -0.2) is 9.59 Å². The molecule has 9 heteroatoms. The summed E-state index contributed by atoms with van der Waals surface area (Å²) in [5.41, 5.74) is 1.28. The highest BCUT2D eigenvalue weighted by Gasteiger charge is 2.50. The topological polar surface area (TPSA) is 107 Å². The van der Waals surface area contributed by atoms with E-state index in [0.29, 0.717) is 17.1 Å². The van der Waals surface area contributed by atoms with Crippen LogP contribution in [0.25, 0.3) is 10.8 Å². The van der Waals surface area contributed by atoms with Gasteiger partial charge in [0.1, 0.15) is 23.7 Å². The first kappa shape index (κ1) is 24.7. The molecule has 6 rings (SSSR count). The predicted molar refractivity (Wildman–Crippen MR) is 146 cm³/mol. The average molecular weight is 526 g/mol. The van der Waals surface area contributed by atoms with Crippen LogP contribution < -0.4 is 20.7 Å². The van der Waals surface area contributed by atoms with Crippen LogP contribution in [-0.2, 0) is 14.2 Å². The third kappa shape index (κ3) is 5.64. The van der Waals surface area contributed by atoms with Crippen molar-refractivity contribution in [1.82, 2.24) is 5.32 Å². The van der Waals surface area contributed by atoms with Gasteiger partial charge in [-0.3, -0.25) is 5.32 Å². The standard InChI is InChI=1S/C30H27N3O6/c34-29(31-20-13-15-22(16-14-20)38-21-9-2-1-3-10-21)32-25-17-36-28-26(18-37-27(25)28)39-30(35)33-24-12-6-8-19-7-4-5-11-23(19)24/h1-16,25-28H,17-18H2,(H,33,35)(H2,31,32,34). The zero-order chi connectivity index (χ0) is 26.6. The quantitative estimate of drug-likeness (QED) is 0.305. The lowest BCUT2D eigenvalue weighted by atomic mass is 10.1. The average Bonchev–Trinajstić information content (AvgIpc) is 3.53. The molecule has 0 aromatic heterocycles. The third-order valence-electron chi connectivity index (χ3n) is 6.70. The Morgan fingerprint density at radius 2 is 1.44 bits per heavy atom. The maximum absolute atomic E-state index is 12.7. The van der Waals surface area contributed by atoms with Crippen molar-refractivity contribution in [3.8, 4) is 11.5 Å². The Bertz CT molecular complexity index is 1460. The molecular weight excluding hydrogens is 498 g/mol. The van der Waals surface area contributed by atoms with Crippen LogP contribution in [0.3, 0.4) is 0 Å². The summed E-state index contributed by atoms with van der Waals surface area (Å²) in [6.07, 6.45) is -2.06. The van der Waals surface area contributed by atoms with Crippen molar-refractivity contribution in [2.45, 2.75) is 24.4 Å². The van der Waals surface area contributed by atoms with Crippen molar-refractivity contribution in [3.05, 3.63) is 97.1 Å². The van der Waals surface area contributed by atoms with Gasteiger partial charge in [-0.1, -0.05) is 54.6 Å². The summed E-state index contributed by atoms with van der Waals surface area (Å²) >= 11 is 0. The lowest BCUT2D eigenvalue weighted by molar-refractivity contribution is 0.00874. The molecule has 4 aromatic carbocycles. The van der Waals surface area contributed by atoms with Crippen molar-refractivity contribution < 1.29 is 28.5 Å². The van der Waals surface area contributed by atoms with Crippen molar-refractivity contribution in [2.24, 2.45) is 0 Å². The first-order valence-corrected chi connectivity index (χ1v) is 12.7. The number of anilines is 2. The van der Waals surface area contributed by atoms with Crippen LogP contribution in [0.15, 0.2) is 97.1 Å². The van der Waals surface area contributed by atoms with Crippen molar-refractivity contribution in [3.63, 3.8) is 0 Å². The van der Waals surface area contributed by atoms with E-state index >= 15 is 0 Å². The predicted octanol–water partition coefficient (Wildman–Crippen LogP) is 5.54. The van der Waals surface area contributed by atoms with Gasteiger partial charge >= 0.3 is 12.1 Å². The number of benzene rings is 4. The van der Waals surface area contributed by atoms with Gasteiger partial charge in [-0.2, -0.15) is 0 Å². The summed E-state index contributed by atoms with van der Waals surface area (Å²) in [5, 5.41) is 10.5. The number of para-hydroxylation sites is 1. The maximum Gasteiger partial charge on any atom is 0.412 e. The van der Waals surface area contributed by atoms with E-state index in [-0.39, 0.29) is 25.3 Å². The van der Waals surface area contributed by atoms with E-state index in [9.17, 15) is 9.59 Å². The largest absolute Gasteiger partial charge is 0.457 e. The highest BCUT2D eigenvalue weighted by atomic mass is 16.6. The van der Waals surface area contributed by atoms with Gasteiger partial charge in [0.05, 0.1) is 24.9 Å². The Hall–Kier alpha value is -4.60. The van der Waals surface area contributed by atoms with Gasteiger partial charge < -0.3 is 29.6 Å². The molecule has 2 fully saturated rings. The molecule has 2 aliphatic rings. The number of amides is 3. The Morgan fingerprint density at radius 3 is 2.28 bits per heavy atom. The van der Waals surface area contributed by atoms with Crippen LogP contribution in [0.4, 0.5) is 21.0 Å². The number of nitrogens with one attached hydrogen (secondary N) is 3. The maximum atomic E-state index is 12.7. The minimum Gasteiger partial charge on any atom is -0.457 e. The Labute approximate surface area is 225 Å². The van der Waals surface area contributed by atoms with Crippen LogP contribution in [0, 0.1) is 0 Å². The monoisotopic (exact) mass is 525 g/mol. The van der Waals surface area contributed by atoms with E-state index in [1.807, 2.05) is 72.8 Å². The molecule has 3 amide bonds. The normalized spacial score (nSPS) is 21.6. The molecule has 2 heterocycles. The summed E-state index contributed by atoms with van der Waals surface area (Å²) in [4.78, 5) is 25.3. The van der Waals surface area contributed by atoms with E-state index in [1.54, 1.807) is 24.3 Å². The second kappa shape index (κ2) is 11.0. The summed E-state index contributed by atoms with van der Waals surface area (Å²) in [7, 11) is 0. The van der Waals surface area contributed by atoms with E-state index in [2.05, 4.69) is 16.0 Å². The van der Waals surface area contributed by atoms with E-state index < -0.39 is 24.4 Å². The molecule has 2 aliphatic heterocycles. The van der Waals surface area contributed by atoms with Crippen LogP contribution in [0.5, 0.6) is 11.5 Å². The van der Waals surface area contributed by atoms with Crippen molar-refractivity contribution in [1.29, 1.82) is 0 Å². The first-order valence-electron chi connectivity index (χ1n) is 12.7. The summed E-state index contributed by atoms with van der Waals surface area (Å²) in [5.74, 6) is 1.39. The molecule has 0 spiro atoms. The van der Waals surface area contributed by atoms with E-state index in [1.165, 1.54) is 0 Å². The van der Waals surface area contributed by atoms with Crippen LogP contribution in [-0.4, -0.2) is 49.7 Å². The van der Waals surface area contributed by atoms with Crippen molar-refractivity contribution in [2.75, 3.05) is 23.8 Å². The molecule has 3 N–H and O–H groups in total. The summed E-state index contributed by atoms with van der Waals surface area (Å²) in [6.45, 7) is 0.429. The highest BCUT2D eigenvalue weighted by molar-refractivity contribution is 6.00. The van der Waals surface area contributed by atoms with Gasteiger partial charge in [-0.05, 0) is 47.9 Å². The number of carbonyl (C=O) groups excluding carboxylic acids is 2. The zero-order valence-electron chi connectivity index (χ0n) is 20.9. The lowest BCUT2D eigenvalue weighted by Crippen LogP contribution is -2.46. The number of fused-ring (bicyclic) bond motifs is 2. The molecule has 0 bridgehead atoms. The van der Waals surface area contributed by atoms with Gasteiger partial charge in [0.25, 0.3) is 0 Å². The van der Waals surface area contributed by atoms with Crippen LogP contribution in [0.2, 0.25) is 0 Å². The molecular formula is C30H27N3O6. The van der Waals surface area contributed by atoms with E-state index in [0.717, 1.165) is 16.5 Å². The SMILES string of the molecule is O=C(Nc1ccc(Oc2ccccc2)cc1)NC1COC2C(OC(=O)Nc3cccc4ccccc34)COC12. The lowest BCUT2D eigenvalue weighted by Gasteiger charge is -2.18. The number of hydrogen-bond acceptors (Lipinski definition) is 6. The Kier molecular flexibility index (Phi) is 6.99. The van der Waals surface area contributed by atoms with Gasteiger partial charge in [0.2, 0.25) is 0 Å². The smallest absolute Gasteiger partial charge is 0.412 e. The van der Waals surface area contributed by atoms with Gasteiger partial charge in [0.15, 0.2) is 6.10 Å². The fourth-order valence-electron chi connectivity index (χ4n) is 4.87. The zero-order valence-corrected chi connectivity index (χ0v) is 20.9. The van der Waals surface area contributed by atoms with Gasteiger partial charge in [-0.15, -0.1) is 0 Å². The van der Waals surface area contributed by atoms with E-state index in [4.69, 9.17) is 18.9 Å². The molecule has 9 nitrogen and oxygen atoms in total. The fraction of sp³-hybridized carbons (Fsp3) is 0.200. The molecule has 4 unspecified atom stereocenters. The second-order valence-corrected chi connectivity index (χ2v) is 9.34. The molecule has 4 atom stereocenters.